The van der Waals surface area contributed by atoms with E-state index in [9.17, 15) is 8.42 Å². The van der Waals surface area contributed by atoms with Crippen molar-refractivity contribution in [2.75, 3.05) is 18.6 Å². The summed E-state index contributed by atoms with van der Waals surface area (Å²) in [7, 11) is -2.92. The Morgan fingerprint density at radius 1 is 1.44 bits per heavy atom. The third-order valence-corrected chi connectivity index (χ3v) is 3.21. The number of rotatable bonds is 6. The summed E-state index contributed by atoms with van der Waals surface area (Å²) in [5.74, 6) is 0.174. The number of hydrogen-bond acceptors (Lipinski definition) is 5. The minimum Gasteiger partial charge on any atom is -0.310 e. The highest BCUT2D eigenvalue weighted by molar-refractivity contribution is 7.90. The Morgan fingerprint density at radius 3 is 2.69 bits per heavy atom. The molecular formula is C10H17N3O2S. The molecule has 0 saturated heterocycles. The molecule has 1 rings (SSSR count). The first kappa shape index (κ1) is 13.1. The Labute approximate surface area is 96.2 Å². The fourth-order valence-corrected chi connectivity index (χ4v) is 2.14. The number of sulfone groups is 1. The maximum absolute atomic E-state index is 11.1. The Morgan fingerprint density at radius 2 is 2.19 bits per heavy atom. The fraction of sp³-hybridized carbons (Fsp3) is 0.600. The molecule has 0 aliphatic carbocycles. The van der Waals surface area contributed by atoms with Crippen LogP contribution in [0.25, 0.3) is 0 Å². The van der Waals surface area contributed by atoms with E-state index in [-0.39, 0.29) is 11.8 Å². The SMILES string of the molecule is CCNC(CCS(C)(=O)=O)c1ccnnc1. The van der Waals surface area contributed by atoms with Crippen molar-refractivity contribution in [3.63, 3.8) is 0 Å². The van der Waals surface area contributed by atoms with Crippen LogP contribution in [0.5, 0.6) is 0 Å². The molecule has 90 valence electrons. The highest BCUT2D eigenvalue weighted by atomic mass is 32.2. The maximum Gasteiger partial charge on any atom is 0.147 e. The largest absolute Gasteiger partial charge is 0.310 e. The normalized spacial score (nSPS) is 13.6. The molecule has 6 heteroatoms. The van der Waals surface area contributed by atoms with Crippen molar-refractivity contribution < 1.29 is 8.42 Å². The molecular weight excluding hydrogens is 226 g/mol. The molecule has 0 saturated carbocycles. The smallest absolute Gasteiger partial charge is 0.147 e. The second-order valence-electron chi connectivity index (χ2n) is 3.70. The van der Waals surface area contributed by atoms with E-state index in [0.717, 1.165) is 12.1 Å². The van der Waals surface area contributed by atoms with E-state index < -0.39 is 9.84 Å². The van der Waals surface area contributed by atoms with Crippen molar-refractivity contribution in [3.05, 3.63) is 24.0 Å². The summed E-state index contributed by atoms with van der Waals surface area (Å²) >= 11 is 0. The van der Waals surface area contributed by atoms with Gasteiger partial charge in [-0.3, -0.25) is 0 Å². The summed E-state index contributed by atoms with van der Waals surface area (Å²) in [4.78, 5) is 0. The van der Waals surface area contributed by atoms with Crippen LogP contribution in [0, 0.1) is 0 Å². The van der Waals surface area contributed by atoms with Gasteiger partial charge >= 0.3 is 0 Å². The predicted octanol–water partition coefficient (Wildman–Crippen LogP) is 0.562. The molecule has 1 aromatic rings. The van der Waals surface area contributed by atoms with E-state index in [1.807, 2.05) is 13.0 Å². The first-order valence-electron chi connectivity index (χ1n) is 5.20. The summed E-state index contributed by atoms with van der Waals surface area (Å²) in [5, 5.41) is 10.7. The standard InChI is InChI=1S/C10H17N3O2S/c1-3-11-10(5-7-16(2,14)15)9-4-6-12-13-8-9/h4,6,8,10-11H,3,5,7H2,1-2H3. The van der Waals surface area contributed by atoms with Gasteiger partial charge in [0, 0.05) is 18.5 Å². The van der Waals surface area contributed by atoms with Crippen molar-refractivity contribution >= 4 is 9.84 Å². The van der Waals surface area contributed by atoms with E-state index in [1.165, 1.54) is 6.26 Å². The minimum atomic E-state index is -2.92. The Bertz CT molecular complexity index is 405. The second-order valence-corrected chi connectivity index (χ2v) is 5.96. The molecule has 0 spiro atoms. The first-order chi connectivity index (χ1) is 7.53. The average molecular weight is 243 g/mol. The monoisotopic (exact) mass is 243 g/mol. The molecule has 0 bridgehead atoms. The zero-order valence-electron chi connectivity index (χ0n) is 9.55. The molecule has 1 N–H and O–H groups in total. The van der Waals surface area contributed by atoms with Gasteiger partial charge in [0.15, 0.2) is 0 Å². The average Bonchev–Trinajstić information content (AvgIpc) is 2.24. The van der Waals surface area contributed by atoms with Gasteiger partial charge in [-0.15, -0.1) is 0 Å². The lowest BCUT2D eigenvalue weighted by atomic mass is 10.1. The molecule has 0 radical (unpaired) electrons. The van der Waals surface area contributed by atoms with Gasteiger partial charge in [-0.2, -0.15) is 10.2 Å². The first-order valence-corrected chi connectivity index (χ1v) is 7.26. The second kappa shape index (κ2) is 5.91. The van der Waals surface area contributed by atoms with Crippen LogP contribution >= 0.6 is 0 Å². The molecule has 1 unspecified atom stereocenters. The van der Waals surface area contributed by atoms with Crippen molar-refractivity contribution in [1.29, 1.82) is 0 Å². The Balaban J connectivity index is 2.69. The van der Waals surface area contributed by atoms with E-state index >= 15 is 0 Å². The zero-order chi connectivity index (χ0) is 12.0. The molecule has 16 heavy (non-hydrogen) atoms. The van der Waals surface area contributed by atoms with Crippen molar-refractivity contribution in [1.82, 2.24) is 15.5 Å². The van der Waals surface area contributed by atoms with Gasteiger partial charge in [0.1, 0.15) is 9.84 Å². The molecule has 0 aliphatic rings. The van der Waals surface area contributed by atoms with Gasteiger partial charge < -0.3 is 5.32 Å². The number of nitrogens with zero attached hydrogens (tertiary/aromatic N) is 2. The van der Waals surface area contributed by atoms with Crippen LogP contribution in [-0.2, 0) is 9.84 Å². The lowest BCUT2D eigenvalue weighted by molar-refractivity contribution is 0.527. The molecule has 0 amide bonds. The van der Waals surface area contributed by atoms with Crippen molar-refractivity contribution in [2.45, 2.75) is 19.4 Å². The van der Waals surface area contributed by atoms with E-state index in [2.05, 4.69) is 15.5 Å². The summed E-state index contributed by atoms with van der Waals surface area (Å²) in [6.07, 6.45) is 5.08. The number of aromatic nitrogens is 2. The fourth-order valence-electron chi connectivity index (χ4n) is 1.47. The Hall–Kier alpha value is -1.01. The molecule has 0 aromatic carbocycles. The maximum atomic E-state index is 11.1. The summed E-state index contributed by atoms with van der Waals surface area (Å²) in [6, 6.07) is 1.87. The van der Waals surface area contributed by atoms with E-state index in [1.54, 1.807) is 12.4 Å². The van der Waals surface area contributed by atoms with Crippen LogP contribution in [0.4, 0.5) is 0 Å². The lowest BCUT2D eigenvalue weighted by Crippen LogP contribution is -2.23. The topological polar surface area (TPSA) is 72.0 Å². The number of hydrogen-bond donors (Lipinski definition) is 1. The van der Waals surface area contributed by atoms with Gasteiger partial charge in [-0.25, -0.2) is 8.42 Å². The van der Waals surface area contributed by atoms with Crippen molar-refractivity contribution in [3.8, 4) is 0 Å². The molecule has 5 nitrogen and oxygen atoms in total. The summed E-state index contributed by atoms with van der Waals surface area (Å²) in [5.41, 5.74) is 0.973. The van der Waals surface area contributed by atoms with Crippen LogP contribution < -0.4 is 5.32 Å². The molecule has 0 fully saturated rings. The van der Waals surface area contributed by atoms with Gasteiger partial charge in [0.05, 0.1) is 11.9 Å². The van der Waals surface area contributed by atoms with Crippen LogP contribution in [0.1, 0.15) is 24.9 Å². The quantitative estimate of drug-likeness (QED) is 0.790. The van der Waals surface area contributed by atoms with Gasteiger partial charge in [0.25, 0.3) is 0 Å². The third-order valence-electron chi connectivity index (χ3n) is 2.24. The van der Waals surface area contributed by atoms with Crippen molar-refractivity contribution in [2.24, 2.45) is 0 Å². The number of nitrogens with one attached hydrogen (secondary N) is 1. The molecule has 1 aromatic heterocycles. The van der Waals surface area contributed by atoms with E-state index in [4.69, 9.17) is 0 Å². The van der Waals surface area contributed by atoms with Crippen LogP contribution in [0.2, 0.25) is 0 Å². The van der Waals surface area contributed by atoms with Gasteiger partial charge in [-0.05, 0) is 24.6 Å². The minimum absolute atomic E-state index is 0.0234. The van der Waals surface area contributed by atoms with Gasteiger partial charge in [0.2, 0.25) is 0 Å². The third kappa shape index (κ3) is 4.67. The summed E-state index contributed by atoms with van der Waals surface area (Å²) in [6.45, 7) is 2.78. The predicted molar refractivity (Wildman–Crippen MR) is 62.8 cm³/mol. The Kier molecular flexibility index (Phi) is 4.82. The lowest BCUT2D eigenvalue weighted by Gasteiger charge is -2.16. The molecule has 1 atom stereocenters. The van der Waals surface area contributed by atoms with E-state index in [0.29, 0.717) is 6.42 Å². The van der Waals surface area contributed by atoms with Crippen LogP contribution in [0.15, 0.2) is 18.5 Å². The van der Waals surface area contributed by atoms with Gasteiger partial charge in [-0.1, -0.05) is 6.92 Å². The summed E-state index contributed by atoms with van der Waals surface area (Å²) < 4.78 is 22.2. The molecule has 1 heterocycles. The van der Waals surface area contributed by atoms with Crippen LogP contribution in [0.3, 0.4) is 0 Å². The highest BCUT2D eigenvalue weighted by Crippen LogP contribution is 2.15. The zero-order valence-corrected chi connectivity index (χ0v) is 10.4. The molecule has 0 aliphatic heterocycles. The highest BCUT2D eigenvalue weighted by Gasteiger charge is 2.13. The van der Waals surface area contributed by atoms with Crippen LogP contribution in [-0.4, -0.2) is 37.2 Å².